The Bertz CT molecular complexity index is 857. The van der Waals surface area contributed by atoms with E-state index in [0.717, 1.165) is 6.42 Å². The fraction of sp³-hybridized carbons (Fsp3) is 0.300. The second-order valence-electron chi connectivity index (χ2n) is 6.25. The molecule has 28 heavy (non-hydrogen) atoms. The Hall–Kier alpha value is -3.42. The fourth-order valence-corrected chi connectivity index (χ4v) is 2.49. The van der Waals surface area contributed by atoms with E-state index in [1.807, 2.05) is 13.8 Å². The topological polar surface area (TPSA) is 95.4 Å². The van der Waals surface area contributed by atoms with E-state index in [1.54, 1.807) is 30.0 Å². The van der Waals surface area contributed by atoms with Gasteiger partial charge in [0, 0.05) is 17.3 Å². The molecule has 1 aliphatic rings. The largest absolute Gasteiger partial charge is 0.494 e. The third-order valence-electron chi connectivity index (χ3n) is 4.20. The lowest BCUT2D eigenvalue weighted by atomic mass is 10.1. The molecule has 2 N–H and O–H groups in total. The monoisotopic (exact) mass is 383 g/mol. The van der Waals surface area contributed by atoms with Crippen LogP contribution in [-0.4, -0.2) is 42.4 Å². The number of benzene rings is 1. The van der Waals surface area contributed by atoms with Gasteiger partial charge in [-0.1, -0.05) is 13.5 Å². The first kappa shape index (κ1) is 20.9. The lowest BCUT2D eigenvalue weighted by Gasteiger charge is -2.28. The number of carbonyl (C=O) groups is 2. The summed E-state index contributed by atoms with van der Waals surface area (Å²) in [7, 11) is 1.53. The van der Waals surface area contributed by atoms with E-state index in [9.17, 15) is 9.59 Å². The number of aliphatic imine (C=N–C) groups is 1. The van der Waals surface area contributed by atoms with E-state index >= 15 is 0 Å². The third-order valence-corrected chi connectivity index (χ3v) is 4.20. The SMILES string of the molecule is C=C1C=NNC(=Nc2cc(C(=O)NC(C)CC)ccc2OC)N1/C(C)=C/C=O. The molecular formula is C20H25N5O3. The molecule has 1 amide bonds. The summed E-state index contributed by atoms with van der Waals surface area (Å²) >= 11 is 0. The quantitative estimate of drug-likeness (QED) is 0.558. The Balaban J connectivity index is 2.46. The number of aldehydes is 1. The number of hydrazone groups is 1. The molecule has 148 valence electrons. The smallest absolute Gasteiger partial charge is 0.251 e. The molecule has 0 radical (unpaired) electrons. The molecule has 0 aromatic heterocycles. The minimum Gasteiger partial charge on any atom is -0.494 e. The molecule has 1 aliphatic heterocycles. The zero-order chi connectivity index (χ0) is 20.7. The number of hydrogen-bond acceptors (Lipinski definition) is 5. The van der Waals surface area contributed by atoms with Crippen molar-refractivity contribution in [1.29, 1.82) is 0 Å². The summed E-state index contributed by atoms with van der Waals surface area (Å²) in [5.74, 6) is 0.638. The number of carbonyl (C=O) groups excluding carboxylic acids is 2. The van der Waals surface area contributed by atoms with Gasteiger partial charge in [-0.3, -0.25) is 14.5 Å². The van der Waals surface area contributed by atoms with Crippen LogP contribution in [0.25, 0.3) is 0 Å². The summed E-state index contributed by atoms with van der Waals surface area (Å²) < 4.78 is 5.38. The zero-order valence-corrected chi connectivity index (χ0v) is 16.5. The van der Waals surface area contributed by atoms with Crippen LogP contribution in [0.2, 0.25) is 0 Å². The number of amides is 1. The minimum atomic E-state index is -0.189. The number of rotatable bonds is 7. The van der Waals surface area contributed by atoms with E-state index in [-0.39, 0.29) is 11.9 Å². The predicted molar refractivity (Wildman–Crippen MR) is 110 cm³/mol. The van der Waals surface area contributed by atoms with Crippen LogP contribution < -0.4 is 15.5 Å². The number of nitrogens with one attached hydrogen (secondary N) is 2. The molecule has 1 unspecified atom stereocenters. The average molecular weight is 383 g/mol. The van der Waals surface area contributed by atoms with Crippen molar-refractivity contribution in [2.45, 2.75) is 33.2 Å². The maximum atomic E-state index is 12.5. The van der Waals surface area contributed by atoms with Crippen LogP contribution in [0.4, 0.5) is 5.69 Å². The van der Waals surface area contributed by atoms with Crippen molar-refractivity contribution in [3.63, 3.8) is 0 Å². The molecule has 8 nitrogen and oxygen atoms in total. The fourth-order valence-electron chi connectivity index (χ4n) is 2.49. The molecule has 0 fully saturated rings. The zero-order valence-electron chi connectivity index (χ0n) is 16.5. The molecule has 0 aliphatic carbocycles. The van der Waals surface area contributed by atoms with E-state index in [2.05, 4.69) is 27.4 Å². The lowest BCUT2D eigenvalue weighted by Crippen LogP contribution is -2.40. The van der Waals surface area contributed by atoms with Gasteiger partial charge in [-0.25, -0.2) is 10.4 Å². The van der Waals surface area contributed by atoms with E-state index in [0.29, 0.717) is 40.6 Å². The Kier molecular flexibility index (Phi) is 7.08. The first-order chi connectivity index (χ1) is 13.4. The van der Waals surface area contributed by atoms with Gasteiger partial charge in [-0.15, -0.1) is 0 Å². The van der Waals surface area contributed by atoms with Crippen molar-refractivity contribution in [3.05, 3.63) is 47.8 Å². The van der Waals surface area contributed by atoms with Crippen molar-refractivity contribution in [1.82, 2.24) is 15.6 Å². The lowest BCUT2D eigenvalue weighted by molar-refractivity contribution is -0.104. The van der Waals surface area contributed by atoms with E-state index < -0.39 is 0 Å². The van der Waals surface area contributed by atoms with Gasteiger partial charge in [0.25, 0.3) is 5.91 Å². The van der Waals surface area contributed by atoms with Gasteiger partial charge in [0.1, 0.15) is 17.7 Å². The molecule has 0 saturated carbocycles. The van der Waals surface area contributed by atoms with Crippen LogP contribution >= 0.6 is 0 Å². The van der Waals surface area contributed by atoms with Crippen molar-refractivity contribution in [2.75, 3.05) is 7.11 Å². The number of hydrogen-bond donors (Lipinski definition) is 2. The number of guanidine groups is 1. The second kappa shape index (κ2) is 9.50. The molecule has 8 heteroatoms. The third kappa shape index (κ3) is 4.85. The van der Waals surface area contributed by atoms with Crippen LogP contribution in [0.15, 0.2) is 52.3 Å². The van der Waals surface area contributed by atoms with Crippen LogP contribution in [0.1, 0.15) is 37.6 Å². The number of methoxy groups -OCH3 is 1. The highest BCUT2D eigenvalue weighted by molar-refractivity contribution is 5.98. The Labute approximate surface area is 164 Å². The molecule has 1 aromatic rings. The van der Waals surface area contributed by atoms with Gasteiger partial charge in [0.2, 0.25) is 5.96 Å². The van der Waals surface area contributed by atoms with Crippen LogP contribution in [0, 0.1) is 0 Å². The van der Waals surface area contributed by atoms with E-state index in [1.165, 1.54) is 19.4 Å². The van der Waals surface area contributed by atoms with Crippen molar-refractivity contribution in [3.8, 4) is 5.75 Å². The van der Waals surface area contributed by atoms with E-state index in [4.69, 9.17) is 4.74 Å². The van der Waals surface area contributed by atoms with Crippen LogP contribution in [0.5, 0.6) is 5.75 Å². The molecule has 0 bridgehead atoms. The highest BCUT2D eigenvalue weighted by atomic mass is 16.5. The molecule has 1 atom stereocenters. The highest BCUT2D eigenvalue weighted by Crippen LogP contribution is 2.30. The Morgan fingerprint density at radius 2 is 2.25 bits per heavy atom. The summed E-state index contributed by atoms with van der Waals surface area (Å²) in [4.78, 5) is 29.5. The van der Waals surface area contributed by atoms with Gasteiger partial charge < -0.3 is 10.1 Å². The predicted octanol–water partition coefficient (Wildman–Crippen LogP) is 2.72. The average Bonchev–Trinajstić information content (AvgIpc) is 2.68. The number of allylic oxidation sites excluding steroid dienone is 3. The molecule has 1 aromatic carbocycles. The standard InChI is InChI=1S/C20H25N5O3/c1-6-13(2)22-19(27)16-7-8-18(28-5)17(11-16)23-20-24-21-12-15(4)25(20)14(3)9-10-26/h7-13H,4,6H2,1-3,5H3,(H,22,27)(H,23,24)/b14-9+. The highest BCUT2D eigenvalue weighted by Gasteiger charge is 2.20. The second-order valence-corrected chi connectivity index (χ2v) is 6.25. The van der Waals surface area contributed by atoms with Crippen molar-refractivity contribution in [2.24, 2.45) is 10.1 Å². The Morgan fingerprint density at radius 1 is 1.50 bits per heavy atom. The summed E-state index contributed by atoms with van der Waals surface area (Å²) in [5.41, 5.74) is 4.86. The van der Waals surface area contributed by atoms with Gasteiger partial charge in [0.15, 0.2) is 0 Å². The van der Waals surface area contributed by atoms with Gasteiger partial charge in [-0.05, 0) is 44.5 Å². The van der Waals surface area contributed by atoms with Crippen molar-refractivity contribution >= 4 is 30.1 Å². The summed E-state index contributed by atoms with van der Waals surface area (Å²) in [6.45, 7) is 9.62. The van der Waals surface area contributed by atoms with Gasteiger partial charge >= 0.3 is 0 Å². The summed E-state index contributed by atoms with van der Waals surface area (Å²) in [5, 5.41) is 6.93. The minimum absolute atomic E-state index is 0.0636. The normalized spacial score (nSPS) is 16.6. The maximum absolute atomic E-state index is 12.5. The van der Waals surface area contributed by atoms with Gasteiger partial charge in [0.05, 0.1) is 19.0 Å². The molecule has 1 heterocycles. The first-order valence-corrected chi connectivity index (χ1v) is 8.89. The number of nitrogens with zero attached hydrogens (tertiary/aromatic N) is 3. The van der Waals surface area contributed by atoms with Crippen LogP contribution in [0.3, 0.4) is 0 Å². The summed E-state index contributed by atoms with van der Waals surface area (Å²) in [6, 6.07) is 5.07. The first-order valence-electron chi connectivity index (χ1n) is 8.89. The van der Waals surface area contributed by atoms with Crippen molar-refractivity contribution < 1.29 is 14.3 Å². The molecule has 0 spiro atoms. The molecular weight excluding hydrogens is 358 g/mol. The molecule has 0 saturated heterocycles. The maximum Gasteiger partial charge on any atom is 0.251 e. The molecule has 2 rings (SSSR count). The van der Waals surface area contributed by atoms with Gasteiger partial charge in [-0.2, -0.15) is 5.10 Å². The van der Waals surface area contributed by atoms with Crippen LogP contribution in [-0.2, 0) is 4.79 Å². The summed E-state index contributed by atoms with van der Waals surface area (Å²) in [6.07, 6.45) is 4.44. The Morgan fingerprint density at radius 3 is 2.89 bits per heavy atom. The number of ether oxygens (including phenoxy) is 1.